The van der Waals surface area contributed by atoms with Crippen LogP contribution in [0.2, 0.25) is 0 Å². The van der Waals surface area contributed by atoms with E-state index in [0.717, 1.165) is 17.5 Å². The molecule has 2 N–H and O–H groups in total. The largest absolute Gasteiger partial charge is 0.394 e. The summed E-state index contributed by atoms with van der Waals surface area (Å²) in [6.45, 7) is 10.6. The van der Waals surface area contributed by atoms with E-state index in [0.29, 0.717) is 17.6 Å². The zero-order valence-electron chi connectivity index (χ0n) is 13.2. The molecule has 0 heterocycles. The highest BCUT2D eigenvalue weighted by atomic mass is 32.2. The number of hydrogen-bond acceptors (Lipinski definition) is 3. The van der Waals surface area contributed by atoms with E-state index >= 15 is 0 Å². The highest BCUT2D eigenvalue weighted by Gasteiger charge is 2.62. The molecule has 0 radical (unpaired) electrons. The third kappa shape index (κ3) is 3.11. The molecular formula is C17H24FNOS. The fraction of sp³-hybridized carbons (Fsp3) is 0.529. The molecule has 0 aliphatic heterocycles. The molecule has 21 heavy (non-hydrogen) atoms. The monoisotopic (exact) mass is 309 g/mol. The van der Waals surface area contributed by atoms with E-state index in [4.69, 9.17) is 10.5 Å². The lowest BCUT2D eigenvalue weighted by molar-refractivity contribution is 0.185. The van der Waals surface area contributed by atoms with Crippen LogP contribution in [0, 0.1) is 18.7 Å². The summed E-state index contributed by atoms with van der Waals surface area (Å²) in [6, 6.07) is 5.32. The molecule has 0 amide bonds. The summed E-state index contributed by atoms with van der Waals surface area (Å²) in [5, 5.41) is 0.593. The van der Waals surface area contributed by atoms with Gasteiger partial charge in [-0.3, -0.25) is 0 Å². The Labute approximate surface area is 130 Å². The standard InChI is InChI=1S/C17H24FNOS/c1-11-6-7-14(18)13(8-11)16(3,4)15-9-17(15,10-20-5)21-12(2)19/h6-8,15H,2,9-10,19H2,1,3-5H3/t15?,17-/m1/s1. The number of benzene rings is 1. The predicted octanol–water partition coefficient (Wildman–Crippen LogP) is 3.98. The molecule has 1 aliphatic rings. The molecule has 0 aromatic heterocycles. The third-order valence-electron chi connectivity index (χ3n) is 4.43. The van der Waals surface area contributed by atoms with E-state index in [2.05, 4.69) is 20.4 Å². The van der Waals surface area contributed by atoms with E-state index < -0.39 is 0 Å². The van der Waals surface area contributed by atoms with Gasteiger partial charge in [0.15, 0.2) is 0 Å². The Morgan fingerprint density at radius 1 is 1.57 bits per heavy atom. The van der Waals surface area contributed by atoms with E-state index in [9.17, 15) is 4.39 Å². The Hall–Kier alpha value is -1.00. The first kappa shape index (κ1) is 16.4. The van der Waals surface area contributed by atoms with Crippen molar-refractivity contribution < 1.29 is 9.13 Å². The molecule has 0 spiro atoms. The highest BCUT2D eigenvalue weighted by Crippen LogP contribution is 2.63. The lowest BCUT2D eigenvalue weighted by Gasteiger charge is -2.30. The van der Waals surface area contributed by atoms with Gasteiger partial charge in [0.1, 0.15) is 5.82 Å². The molecule has 1 aliphatic carbocycles. The van der Waals surface area contributed by atoms with Crippen LogP contribution >= 0.6 is 11.8 Å². The Morgan fingerprint density at radius 3 is 2.81 bits per heavy atom. The lowest BCUT2D eigenvalue weighted by Crippen LogP contribution is -2.29. The molecule has 1 saturated carbocycles. The van der Waals surface area contributed by atoms with Crippen molar-refractivity contribution in [1.82, 2.24) is 0 Å². The summed E-state index contributed by atoms with van der Waals surface area (Å²) in [7, 11) is 1.69. The van der Waals surface area contributed by atoms with Crippen molar-refractivity contribution >= 4 is 11.8 Å². The minimum Gasteiger partial charge on any atom is -0.394 e. The van der Waals surface area contributed by atoms with Crippen molar-refractivity contribution in [3.05, 3.63) is 46.8 Å². The van der Waals surface area contributed by atoms with Crippen LogP contribution in [0.25, 0.3) is 0 Å². The smallest absolute Gasteiger partial charge is 0.126 e. The van der Waals surface area contributed by atoms with Crippen LogP contribution in [0.3, 0.4) is 0 Å². The SMILES string of the molecule is C=C(N)S[C@@]1(COC)CC1C(C)(C)c1cc(C)ccc1F. The number of rotatable bonds is 6. The van der Waals surface area contributed by atoms with Crippen LogP contribution in [0.4, 0.5) is 4.39 Å². The third-order valence-corrected chi connectivity index (χ3v) is 5.67. The fourth-order valence-corrected chi connectivity index (χ4v) is 4.71. The van der Waals surface area contributed by atoms with E-state index in [1.807, 2.05) is 13.0 Å². The Kier molecular flexibility index (Phi) is 4.41. The highest BCUT2D eigenvalue weighted by molar-refractivity contribution is 8.04. The predicted molar refractivity (Wildman–Crippen MR) is 87.8 cm³/mol. The van der Waals surface area contributed by atoms with Gasteiger partial charge in [0.05, 0.1) is 11.6 Å². The molecule has 0 saturated heterocycles. The van der Waals surface area contributed by atoms with Crippen LogP contribution in [0.1, 0.15) is 31.4 Å². The van der Waals surface area contributed by atoms with E-state index in [-0.39, 0.29) is 16.0 Å². The zero-order valence-corrected chi connectivity index (χ0v) is 14.0. The molecule has 2 nitrogen and oxygen atoms in total. The minimum absolute atomic E-state index is 0.0831. The normalized spacial score (nSPS) is 24.9. The number of ether oxygens (including phenoxy) is 1. The van der Waals surface area contributed by atoms with Gasteiger partial charge in [0, 0.05) is 11.9 Å². The number of halogens is 1. The maximum atomic E-state index is 14.3. The summed E-state index contributed by atoms with van der Waals surface area (Å²) in [5.41, 5.74) is 7.37. The molecule has 2 atom stereocenters. The summed E-state index contributed by atoms with van der Waals surface area (Å²) < 4.78 is 19.6. The maximum absolute atomic E-state index is 14.3. The number of thioether (sulfide) groups is 1. The van der Waals surface area contributed by atoms with Gasteiger partial charge in [-0.05, 0) is 36.3 Å². The first-order valence-electron chi connectivity index (χ1n) is 7.12. The van der Waals surface area contributed by atoms with Crippen molar-refractivity contribution in [2.75, 3.05) is 13.7 Å². The molecule has 0 bridgehead atoms. The van der Waals surface area contributed by atoms with Crippen LogP contribution in [-0.2, 0) is 10.2 Å². The van der Waals surface area contributed by atoms with Crippen LogP contribution in [0.15, 0.2) is 29.8 Å². The number of nitrogens with two attached hydrogens (primary N) is 1. The van der Waals surface area contributed by atoms with Gasteiger partial charge < -0.3 is 10.5 Å². The zero-order chi connectivity index (χ0) is 15.8. The van der Waals surface area contributed by atoms with Crippen LogP contribution in [0.5, 0.6) is 0 Å². The van der Waals surface area contributed by atoms with Gasteiger partial charge >= 0.3 is 0 Å². The van der Waals surface area contributed by atoms with Gasteiger partial charge in [0.25, 0.3) is 0 Å². The van der Waals surface area contributed by atoms with Gasteiger partial charge in [-0.1, -0.05) is 38.1 Å². The van der Waals surface area contributed by atoms with Crippen molar-refractivity contribution in [1.29, 1.82) is 0 Å². The lowest BCUT2D eigenvalue weighted by atomic mass is 9.78. The molecule has 1 fully saturated rings. The van der Waals surface area contributed by atoms with Crippen molar-refractivity contribution in [2.45, 2.75) is 37.4 Å². The summed E-state index contributed by atoms with van der Waals surface area (Å²) >= 11 is 1.57. The first-order chi connectivity index (χ1) is 9.73. The Balaban J connectivity index is 2.32. The van der Waals surface area contributed by atoms with Crippen molar-refractivity contribution in [3.8, 4) is 0 Å². The molecule has 1 unspecified atom stereocenters. The number of hydrogen-bond donors (Lipinski definition) is 1. The fourth-order valence-electron chi connectivity index (χ4n) is 3.33. The van der Waals surface area contributed by atoms with Gasteiger partial charge in [-0.25, -0.2) is 4.39 Å². The van der Waals surface area contributed by atoms with Gasteiger partial charge in [0.2, 0.25) is 0 Å². The maximum Gasteiger partial charge on any atom is 0.126 e. The second-order valence-corrected chi connectivity index (χ2v) is 8.07. The summed E-state index contributed by atoms with van der Waals surface area (Å²) in [5.74, 6) is 0.173. The average Bonchev–Trinajstić information content (AvgIpc) is 3.06. The van der Waals surface area contributed by atoms with E-state index in [1.54, 1.807) is 31.0 Å². The quantitative estimate of drug-likeness (QED) is 0.863. The minimum atomic E-state index is -0.267. The molecule has 2 rings (SSSR count). The molecular weight excluding hydrogens is 285 g/mol. The number of methoxy groups -OCH3 is 1. The Bertz CT molecular complexity index is 558. The molecule has 1 aromatic carbocycles. The Morgan fingerprint density at radius 2 is 2.24 bits per heavy atom. The second kappa shape index (κ2) is 5.65. The van der Waals surface area contributed by atoms with E-state index in [1.165, 1.54) is 0 Å². The second-order valence-electron chi connectivity index (χ2n) is 6.53. The number of aryl methyl sites for hydroxylation is 1. The molecule has 116 valence electrons. The molecule has 4 heteroatoms. The van der Waals surface area contributed by atoms with Gasteiger partial charge in [-0.2, -0.15) is 0 Å². The van der Waals surface area contributed by atoms with Crippen LogP contribution < -0.4 is 5.73 Å². The van der Waals surface area contributed by atoms with Gasteiger partial charge in [-0.15, -0.1) is 11.8 Å². The topological polar surface area (TPSA) is 35.2 Å². The average molecular weight is 309 g/mol. The summed E-state index contributed by atoms with van der Waals surface area (Å²) in [4.78, 5) is 0. The van der Waals surface area contributed by atoms with Crippen molar-refractivity contribution in [2.24, 2.45) is 11.7 Å². The summed E-state index contributed by atoms with van der Waals surface area (Å²) in [6.07, 6.45) is 0.960. The van der Waals surface area contributed by atoms with Crippen molar-refractivity contribution in [3.63, 3.8) is 0 Å². The first-order valence-corrected chi connectivity index (χ1v) is 7.93. The van der Waals surface area contributed by atoms with Crippen LogP contribution in [-0.4, -0.2) is 18.5 Å². The molecule has 1 aromatic rings.